The number of benzene rings is 8. The SMILES string of the molecule is c1ccc(-c2cccc(N3c4ccccc4-c4ccccc4N(c4cccc(-c5ccccc5)n4)[Si]34N(c3cccc(-c5ccccc5)n3)c3ccccc3-c3ccccc3N4c3cccc(-c4ccccc4)n3)n2)cc1. The van der Waals surface area contributed by atoms with Crippen molar-refractivity contribution in [2.75, 3.05) is 18.3 Å². The van der Waals surface area contributed by atoms with Gasteiger partial charge in [0.2, 0.25) is 0 Å². The first-order valence-corrected chi connectivity index (χ1v) is 27.7. The predicted molar refractivity (Wildman–Crippen MR) is 317 cm³/mol. The largest absolute Gasteiger partial charge is 0.526 e. The van der Waals surface area contributed by atoms with Crippen molar-refractivity contribution in [2.45, 2.75) is 0 Å². The Labute approximate surface area is 449 Å². The van der Waals surface area contributed by atoms with E-state index in [0.29, 0.717) is 0 Å². The van der Waals surface area contributed by atoms with Gasteiger partial charge in [-0.1, -0.05) is 218 Å². The molecule has 1 spiro atoms. The van der Waals surface area contributed by atoms with Crippen LogP contribution in [0.4, 0.5) is 46.0 Å². The van der Waals surface area contributed by atoms with Crippen LogP contribution in [0.25, 0.3) is 67.3 Å². The van der Waals surface area contributed by atoms with E-state index in [2.05, 4.69) is 309 Å². The molecule has 0 bridgehead atoms. The smallest absolute Gasteiger partial charge is 0.299 e. The number of aromatic nitrogens is 4. The molecular weight excluding hydrogens is 957 g/mol. The molecule has 9 heteroatoms. The standard InChI is InChI=1S/C68H48N8Si/c1-5-25-49(26-6-1)57-37-21-45-65(69-57)73-61-41-17-13-33-53(61)54-34-14-18-42-62(54)74(66-46-22-38-58(70-66)50-27-7-2-8-28-50)77(73)75(67-47-23-39-59(71-67)51-29-9-3-10-30-51)63-43-19-15-35-55(63)56-36-16-20-44-64(56)76(77)68-48-24-40-60(72-68)52-31-11-4-12-32-52/h1-48H. The van der Waals surface area contributed by atoms with Gasteiger partial charge < -0.3 is 0 Å². The van der Waals surface area contributed by atoms with Crippen LogP contribution in [-0.2, 0) is 0 Å². The van der Waals surface area contributed by atoms with Gasteiger partial charge in [-0.05, 0) is 72.8 Å². The fraction of sp³-hybridized carbons (Fsp3) is 0. The lowest BCUT2D eigenvalue weighted by atomic mass is 10.0. The van der Waals surface area contributed by atoms with E-state index in [1.165, 1.54) is 0 Å². The molecular formula is C68H48N8Si. The van der Waals surface area contributed by atoms with E-state index < -0.39 is 8.72 Å². The molecule has 6 heterocycles. The molecule has 4 aromatic heterocycles. The van der Waals surface area contributed by atoms with Gasteiger partial charge in [-0.2, -0.15) is 0 Å². The maximum atomic E-state index is 5.86. The third-order valence-corrected chi connectivity index (χ3v) is 18.8. The molecule has 0 radical (unpaired) electrons. The van der Waals surface area contributed by atoms with Crippen LogP contribution in [0.15, 0.2) is 291 Å². The average molecular weight is 1010 g/mol. The molecule has 0 amide bonds. The third kappa shape index (κ3) is 7.75. The lowest BCUT2D eigenvalue weighted by Crippen LogP contribution is -2.81. The summed E-state index contributed by atoms with van der Waals surface area (Å²) in [6, 6.07) is 103. The van der Waals surface area contributed by atoms with Gasteiger partial charge in [-0.3, -0.25) is 18.3 Å². The van der Waals surface area contributed by atoms with Crippen LogP contribution >= 0.6 is 0 Å². The number of para-hydroxylation sites is 4. The van der Waals surface area contributed by atoms with Crippen LogP contribution in [0.3, 0.4) is 0 Å². The quantitative estimate of drug-likeness (QED) is 0.140. The molecule has 0 aliphatic carbocycles. The van der Waals surface area contributed by atoms with Gasteiger partial charge in [-0.25, -0.2) is 19.9 Å². The van der Waals surface area contributed by atoms with Crippen molar-refractivity contribution in [2.24, 2.45) is 0 Å². The molecule has 0 saturated carbocycles. The van der Waals surface area contributed by atoms with Crippen molar-refractivity contribution in [1.29, 1.82) is 0 Å². The van der Waals surface area contributed by atoms with Crippen molar-refractivity contribution < 1.29 is 0 Å². The van der Waals surface area contributed by atoms with E-state index in [-0.39, 0.29) is 0 Å². The summed E-state index contributed by atoms with van der Waals surface area (Å²) < 4.78 is 10.2. The van der Waals surface area contributed by atoms with Crippen molar-refractivity contribution >= 4 is 54.7 Å². The first kappa shape index (κ1) is 45.4. The topological polar surface area (TPSA) is 64.5 Å². The van der Waals surface area contributed by atoms with Crippen molar-refractivity contribution in [3.63, 3.8) is 0 Å². The molecule has 0 unspecified atom stereocenters. The highest BCUT2D eigenvalue weighted by atomic mass is 28.4. The van der Waals surface area contributed by atoms with E-state index in [0.717, 1.165) is 113 Å². The first-order chi connectivity index (χ1) is 38.2. The van der Waals surface area contributed by atoms with Crippen molar-refractivity contribution in [3.8, 4) is 67.3 Å². The van der Waals surface area contributed by atoms with E-state index in [1.807, 2.05) is 0 Å². The number of nitrogens with zero attached hydrogens (tertiary/aromatic N) is 8. The lowest BCUT2D eigenvalue weighted by Gasteiger charge is -2.56. The predicted octanol–water partition coefficient (Wildman–Crippen LogP) is 17.0. The summed E-state index contributed by atoms with van der Waals surface area (Å²) in [5.74, 6) is 2.92. The second kappa shape index (κ2) is 19.2. The van der Waals surface area contributed by atoms with Gasteiger partial charge in [0.15, 0.2) is 0 Å². The maximum Gasteiger partial charge on any atom is 0.526 e. The highest BCUT2D eigenvalue weighted by molar-refractivity contribution is 6.97. The summed E-state index contributed by atoms with van der Waals surface area (Å²) in [5.41, 5.74) is 15.3. The Morgan fingerprint density at radius 2 is 0.403 bits per heavy atom. The third-order valence-electron chi connectivity index (χ3n) is 14.5. The Kier molecular flexibility index (Phi) is 11.3. The highest BCUT2D eigenvalue weighted by Gasteiger charge is 2.67. The fourth-order valence-electron chi connectivity index (χ4n) is 11.2. The Morgan fingerprint density at radius 3 is 0.636 bits per heavy atom. The summed E-state index contributed by atoms with van der Waals surface area (Å²) in [5, 5.41) is 0. The molecule has 14 rings (SSSR count). The van der Waals surface area contributed by atoms with Gasteiger partial charge in [-0.15, -0.1) is 0 Å². The fourth-order valence-corrected chi connectivity index (χ4v) is 16.2. The summed E-state index contributed by atoms with van der Waals surface area (Å²) in [6.45, 7) is 0. The Bertz CT molecular complexity index is 3570. The zero-order valence-corrected chi connectivity index (χ0v) is 42.8. The Morgan fingerprint density at radius 1 is 0.195 bits per heavy atom. The highest BCUT2D eigenvalue weighted by Crippen LogP contribution is 2.59. The number of fused-ring (bicyclic) bond motifs is 6. The minimum atomic E-state index is -4.57. The van der Waals surface area contributed by atoms with Gasteiger partial charge in [0.05, 0.1) is 22.8 Å². The van der Waals surface area contributed by atoms with Gasteiger partial charge in [0.25, 0.3) is 0 Å². The number of anilines is 8. The second-order valence-corrected chi connectivity index (χ2v) is 22.0. The van der Waals surface area contributed by atoms with Gasteiger partial charge >= 0.3 is 8.72 Å². The van der Waals surface area contributed by atoms with E-state index in [9.17, 15) is 0 Å². The van der Waals surface area contributed by atoms with Crippen LogP contribution in [0.2, 0.25) is 0 Å². The minimum absolute atomic E-state index is 0.729. The van der Waals surface area contributed by atoms with Crippen molar-refractivity contribution in [3.05, 3.63) is 291 Å². The maximum absolute atomic E-state index is 5.86. The number of pyridine rings is 4. The molecule has 2 aliphatic heterocycles. The van der Waals surface area contributed by atoms with Crippen LogP contribution in [0, 0.1) is 0 Å². The average Bonchev–Trinajstić information content (AvgIpc) is 3.94. The summed E-state index contributed by atoms with van der Waals surface area (Å²) in [7, 11) is -4.57. The molecule has 8 nitrogen and oxygen atoms in total. The van der Waals surface area contributed by atoms with E-state index >= 15 is 0 Å². The normalized spacial score (nSPS) is 13.2. The van der Waals surface area contributed by atoms with Crippen LogP contribution < -0.4 is 18.3 Å². The molecule has 364 valence electrons. The minimum Gasteiger partial charge on any atom is -0.299 e. The number of hydrogen-bond donors (Lipinski definition) is 0. The number of rotatable bonds is 8. The molecule has 2 aliphatic rings. The molecule has 8 aromatic carbocycles. The van der Waals surface area contributed by atoms with Gasteiger partial charge in [0, 0.05) is 67.3 Å². The Hall–Kier alpha value is -10.2. The first-order valence-electron chi connectivity index (χ1n) is 25.9. The summed E-state index contributed by atoms with van der Waals surface area (Å²) >= 11 is 0. The molecule has 0 atom stereocenters. The monoisotopic (exact) mass is 1000 g/mol. The lowest BCUT2D eigenvalue weighted by molar-refractivity contribution is 1.04. The molecule has 0 fully saturated rings. The van der Waals surface area contributed by atoms with Crippen LogP contribution in [-0.4, -0.2) is 28.7 Å². The molecule has 77 heavy (non-hydrogen) atoms. The molecule has 12 aromatic rings. The van der Waals surface area contributed by atoms with E-state index in [4.69, 9.17) is 19.9 Å². The van der Waals surface area contributed by atoms with Crippen LogP contribution in [0.1, 0.15) is 0 Å². The summed E-state index contributed by atoms with van der Waals surface area (Å²) in [4.78, 5) is 23.4. The van der Waals surface area contributed by atoms with E-state index in [1.54, 1.807) is 0 Å². The van der Waals surface area contributed by atoms with Crippen LogP contribution in [0.5, 0.6) is 0 Å². The zero-order chi connectivity index (χ0) is 51.1. The second-order valence-electron chi connectivity index (χ2n) is 19.0. The molecule has 0 saturated heterocycles. The zero-order valence-electron chi connectivity index (χ0n) is 41.8. The number of hydrogen-bond acceptors (Lipinski definition) is 8. The molecule has 0 N–H and O–H groups in total. The Balaban J connectivity index is 1.23. The summed E-state index contributed by atoms with van der Waals surface area (Å²) in [6.07, 6.45) is 0. The van der Waals surface area contributed by atoms with Gasteiger partial charge in [0.1, 0.15) is 23.3 Å². The van der Waals surface area contributed by atoms with Crippen molar-refractivity contribution in [1.82, 2.24) is 19.9 Å².